The highest BCUT2D eigenvalue weighted by atomic mass is 35.5. The number of hydrogen-bond acceptors (Lipinski definition) is 3. The molecule has 0 spiro atoms. The number of benzene rings is 1. The van der Waals surface area contributed by atoms with E-state index in [2.05, 4.69) is 19.2 Å². The van der Waals surface area contributed by atoms with E-state index in [1.807, 2.05) is 6.92 Å². The number of nitrogens with one attached hydrogen (secondary N) is 1. The Morgan fingerprint density at radius 1 is 1.33 bits per heavy atom. The predicted molar refractivity (Wildman–Crippen MR) is 75.3 cm³/mol. The summed E-state index contributed by atoms with van der Waals surface area (Å²) in [6.45, 7) is 6.36. The minimum Gasteiger partial charge on any atom is -0.377 e. The van der Waals surface area contributed by atoms with Crippen LogP contribution in [0, 0.1) is 16.0 Å². The summed E-state index contributed by atoms with van der Waals surface area (Å²) >= 11 is 5.77. The van der Waals surface area contributed by atoms with E-state index < -0.39 is 4.92 Å². The van der Waals surface area contributed by atoms with Crippen LogP contribution >= 0.6 is 11.6 Å². The number of anilines is 1. The Morgan fingerprint density at radius 2 is 2.00 bits per heavy atom. The van der Waals surface area contributed by atoms with E-state index in [1.165, 1.54) is 6.07 Å². The average Bonchev–Trinajstić information content (AvgIpc) is 2.28. The van der Waals surface area contributed by atoms with E-state index in [9.17, 15) is 10.1 Å². The molecule has 18 heavy (non-hydrogen) atoms. The maximum Gasteiger partial charge on any atom is 0.293 e. The Hall–Kier alpha value is -1.29. The van der Waals surface area contributed by atoms with Crippen molar-refractivity contribution in [3.8, 4) is 0 Å². The first-order valence-electron chi connectivity index (χ1n) is 6.10. The summed E-state index contributed by atoms with van der Waals surface area (Å²) in [4.78, 5) is 10.5. The van der Waals surface area contributed by atoms with Gasteiger partial charge in [0, 0.05) is 17.1 Å². The molecule has 0 aliphatic rings. The van der Waals surface area contributed by atoms with Gasteiger partial charge in [-0.2, -0.15) is 0 Å². The maximum absolute atomic E-state index is 10.9. The van der Waals surface area contributed by atoms with Gasteiger partial charge in [-0.3, -0.25) is 10.1 Å². The van der Waals surface area contributed by atoms with Gasteiger partial charge in [0.05, 0.1) is 4.92 Å². The lowest BCUT2D eigenvalue weighted by molar-refractivity contribution is -0.384. The molecule has 0 amide bonds. The van der Waals surface area contributed by atoms with Crippen LogP contribution in [0.15, 0.2) is 18.2 Å². The molecule has 1 unspecified atom stereocenters. The molecule has 1 N–H and O–H groups in total. The van der Waals surface area contributed by atoms with E-state index >= 15 is 0 Å². The summed E-state index contributed by atoms with van der Waals surface area (Å²) < 4.78 is 0. The molecule has 100 valence electrons. The summed E-state index contributed by atoms with van der Waals surface area (Å²) in [5.74, 6) is 0.634. The van der Waals surface area contributed by atoms with Crippen LogP contribution in [-0.4, -0.2) is 11.0 Å². The van der Waals surface area contributed by atoms with E-state index in [4.69, 9.17) is 11.6 Å². The van der Waals surface area contributed by atoms with Crippen LogP contribution in [-0.2, 0) is 0 Å². The Bertz CT molecular complexity index is 421. The Balaban J connectivity index is 2.74. The fourth-order valence-corrected chi connectivity index (χ4v) is 1.87. The van der Waals surface area contributed by atoms with Crippen LogP contribution in [0.3, 0.4) is 0 Å². The maximum atomic E-state index is 10.9. The zero-order chi connectivity index (χ0) is 13.7. The lowest BCUT2D eigenvalue weighted by atomic mass is 10.0. The Morgan fingerprint density at radius 3 is 2.56 bits per heavy atom. The zero-order valence-corrected chi connectivity index (χ0v) is 11.7. The van der Waals surface area contributed by atoms with Gasteiger partial charge >= 0.3 is 0 Å². The molecule has 4 nitrogen and oxygen atoms in total. The molecule has 0 aliphatic heterocycles. The number of halogens is 1. The van der Waals surface area contributed by atoms with Crippen LogP contribution in [0.2, 0.25) is 5.02 Å². The number of nitro groups is 1. The average molecular weight is 271 g/mol. The SMILES string of the molecule is CC(C)CCC(C)Nc1ccc(Cl)cc1[N+](=O)[O-]. The van der Waals surface area contributed by atoms with Crippen LogP contribution in [0.4, 0.5) is 11.4 Å². The van der Waals surface area contributed by atoms with Crippen LogP contribution in [0.1, 0.15) is 33.6 Å². The molecule has 1 aromatic rings. The largest absolute Gasteiger partial charge is 0.377 e. The number of nitro benzene ring substituents is 1. The van der Waals surface area contributed by atoms with Crippen LogP contribution in [0.25, 0.3) is 0 Å². The normalized spacial score (nSPS) is 12.5. The predicted octanol–water partition coefficient (Wildman–Crippen LogP) is 4.48. The van der Waals surface area contributed by atoms with E-state index in [1.54, 1.807) is 12.1 Å². The molecule has 0 saturated carbocycles. The summed E-state index contributed by atoms with van der Waals surface area (Å²) in [6.07, 6.45) is 2.08. The molecule has 0 heterocycles. The van der Waals surface area contributed by atoms with E-state index in [0.29, 0.717) is 16.6 Å². The van der Waals surface area contributed by atoms with Crippen molar-refractivity contribution in [2.24, 2.45) is 5.92 Å². The van der Waals surface area contributed by atoms with Crippen molar-refractivity contribution in [1.29, 1.82) is 0 Å². The highest BCUT2D eigenvalue weighted by Crippen LogP contribution is 2.28. The first kappa shape index (κ1) is 14.8. The molecular formula is C13H19ClN2O2. The van der Waals surface area contributed by atoms with Gasteiger partial charge in [0.25, 0.3) is 5.69 Å². The first-order valence-corrected chi connectivity index (χ1v) is 6.48. The van der Waals surface area contributed by atoms with E-state index in [-0.39, 0.29) is 11.7 Å². The second kappa shape index (κ2) is 6.59. The minimum atomic E-state index is -0.413. The standard InChI is InChI=1S/C13H19ClN2O2/c1-9(2)4-5-10(3)15-12-7-6-11(14)8-13(12)16(17)18/h6-10,15H,4-5H2,1-3H3. The number of hydrogen-bond donors (Lipinski definition) is 1. The lowest BCUT2D eigenvalue weighted by Crippen LogP contribution is -2.16. The summed E-state index contributed by atoms with van der Waals surface area (Å²) in [7, 11) is 0. The quantitative estimate of drug-likeness (QED) is 0.612. The smallest absolute Gasteiger partial charge is 0.293 e. The van der Waals surface area contributed by atoms with E-state index in [0.717, 1.165) is 12.8 Å². The van der Waals surface area contributed by atoms with Crippen LogP contribution in [0.5, 0.6) is 0 Å². The van der Waals surface area contributed by atoms with Crippen molar-refractivity contribution in [3.63, 3.8) is 0 Å². The molecule has 0 saturated heterocycles. The first-order chi connectivity index (χ1) is 8.40. The third kappa shape index (κ3) is 4.53. The third-order valence-corrected chi connectivity index (χ3v) is 2.97. The van der Waals surface area contributed by atoms with Gasteiger partial charge in [0.15, 0.2) is 0 Å². The molecular weight excluding hydrogens is 252 g/mol. The molecule has 1 atom stereocenters. The zero-order valence-electron chi connectivity index (χ0n) is 10.9. The van der Waals surface area contributed by atoms with Gasteiger partial charge < -0.3 is 5.32 Å². The van der Waals surface area contributed by atoms with Gasteiger partial charge in [-0.25, -0.2) is 0 Å². The minimum absolute atomic E-state index is 0.0268. The molecule has 0 radical (unpaired) electrons. The van der Waals surface area contributed by atoms with Crippen molar-refractivity contribution in [2.45, 2.75) is 39.7 Å². The second-order valence-electron chi connectivity index (χ2n) is 4.94. The van der Waals surface area contributed by atoms with Crippen molar-refractivity contribution in [3.05, 3.63) is 33.3 Å². The fourth-order valence-electron chi connectivity index (χ4n) is 1.70. The Kier molecular flexibility index (Phi) is 5.41. The number of nitrogens with zero attached hydrogens (tertiary/aromatic N) is 1. The van der Waals surface area contributed by atoms with Crippen molar-refractivity contribution >= 4 is 23.0 Å². The molecule has 1 rings (SSSR count). The van der Waals surface area contributed by atoms with Gasteiger partial charge in [-0.05, 0) is 37.8 Å². The molecule has 0 aromatic heterocycles. The summed E-state index contributed by atoms with van der Waals surface area (Å²) in [5.41, 5.74) is 0.555. The van der Waals surface area contributed by atoms with Gasteiger partial charge in [0.2, 0.25) is 0 Å². The monoisotopic (exact) mass is 270 g/mol. The summed E-state index contributed by atoms with van der Waals surface area (Å²) in [5, 5.41) is 14.5. The van der Waals surface area contributed by atoms with Crippen molar-refractivity contribution in [1.82, 2.24) is 0 Å². The highest BCUT2D eigenvalue weighted by Gasteiger charge is 2.15. The molecule has 0 aliphatic carbocycles. The van der Waals surface area contributed by atoms with Gasteiger partial charge in [-0.1, -0.05) is 25.4 Å². The van der Waals surface area contributed by atoms with Gasteiger partial charge in [-0.15, -0.1) is 0 Å². The summed E-state index contributed by atoms with van der Waals surface area (Å²) in [6, 6.07) is 4.89. The van der Waals surface area contributed by atoms with Crippen molar-refractivity contribution < 1.29 is 4.92 Å². The third-order valence-electron chi connectivity index (χ3n) is 2.74. The fraction of sp³-hybridized carbons (Fsp3) is 0.538. The lowest BCUT2D eigenvalue weighted by Gasteiger charge is -2.16. The molecule has 1 aromatic carbocycles. The topological polar surface area (TPSA) is 55.2 Å². The number of rotatable bonds is 6. The van der Waals surface area contributed by atoms with Gasteiger partial charge in [0.1, 0.15) is 5.69 Å². The molecule has 0 bridgehead atoms. The molecule has 0 fully saturated rings. The van der Waals surface area contributed by atoms with Crippen LogP contribution < -0.4 is 5.32 Å². The molecule has 5 heteroatoms. The van der Waals surface area contributed by atoms with Crippen molar-refractivity contribution in [2.75, 3.05) is 5.32 Å². The second-order valence-corrected chi connectivity index (χ2v) is 5.37. The highest BCUT2D eigenvalue weighted by molar-refractivity contribution is 6.30. The Labute approximate surface area is 112 Å².